The molecule has 3 heteroatoms. The average molecular weight is 106 g/mol. The first kappa shape index (κ1) is 3.96. The van der Waals surface area contributed by atoms with E-state index in [2.05, 4.69) is 10.3 Å². The SMILES string of the molecule is ClC1C=CON1. The topological polar surface area (TPSA) is 21.3 Å². The molecule has 1 aliphatic heterocycles. The number of rotatable bonds is 0. The van der Waals surface area contributed by atoms with E-state index in [1.54, 1.807) is 6.08 Å². The molecule has 2 nitrogen and oxygen atoms in total. The lowest BCUT2D eigenvalue weighted by Gasteiger charge is -1.91. The van der Waals surface area contributed by atoms with Crippen LogP contribution >= 0.6 is 11.6 Å². The van der Waals surface area contributed by atoms with E-state index in [9.17, 15) is 0 Å². The van der Waals surface area contributed by atoms with E-state index in [1.165, 1.54) is 6.26 Å². The van der Waals surface area contributed by atoms with Crippen molar-refractivity contribution in [1.82, 2.24) is 5.48 Å². The van der Waals surface area contributed by atoms with Crippen molar-refractivity contribution in [2.75, 3.05) is 0 Å². The quantitative estimate of drug-likeness (QED) is 0.360. The summed E-state index contributed by atoms with van der Waals surface area (Å²) in [7, 11) is 0. The van der Waals surface area contributed by atoms with E-state index >= 15 is 0 Å². The summed E-state index contributed by atoms with van der Waals surface area (Å²) in [6, 6.07) is 0. The molecule has 0 saturated carbocycles. The molecule has 1 heterocycles. The molecule has 1 N–H and O–H groups in total. The third-order valence-electron chi connectivity index (χ3n) is 0.496. The zero-order valence-corrected chi connectivity index (χ0v) is 3.77. The Labute approximate surface area is 40.7 Å². The van der Waals surface area contributed by atoms with E-state index in [-0.39, 0.29) is 5.50 Å². The van der Waals surface area contributed by atoms with Crippen molar-refractivity contribution in [2.45, 2.75) is 5.50 Å². The van der Waals surface area contributed by atoms with Crippen LogP contribution in [0.3, 0.4) is 0 Å². The molecule has 0 fully saturated rings. The van der Waals surface area contributed by atoms with Crippen molar-refractivity contribution in [2.24, 2.45) is 0 Å². The van der Waals surface area contributed by atoms with Crippen molar-refractivity contribution < 1.29 is 4.84 Å². The van der Waals surface area contributed by atoms with Gasteiger partial charge in [0.1, 0.15) is 11.8 Å². The normalized spacial score (nSPS) is 30.5. The maximum absolute atomic E-state index is 5.39. The molecule has 0 radical (unpaired) electrons. The van der Waals surface area contributed by atoms with Crippen LogP contribution in [0.5, 0.6) is 0 Å². The van der Waals surface area contributed by atoms with Gasteiger partial charge in [-0.05, 0) is 6.08 Å². The van der Waals surface area contributed by atoms with Gasteiger partial charge >= 0.3 is 0 Å². The summed E-state index contributed by atoms with van der Waals surface area (Å²) in [5, 5.41) is 0. The van der Waals surface area contributed by atoms with Gasteiger partial charge in [-0.2, -0.15) is 0 Å². The highest BCUT2D eigenvalue weighted by molar-refractivity contribution is 6.21. The van der Waals surface area contributed by atoms with Crippen LogP contribution in [0.25, 0.3) is 0 Å². The summed E-state index contributed by atoms with van der Waals surface area (Å²) >= 11 is 5.39. The molecule has 1 unspecified atom stereocenters. The second-order valence-corrected chi connectivity index (χ2v) is 1.44. The van der Waals surface area contributed by atoms with Gasteiger partial charge < -0.3 is 4.84 Å². The number of alkyl halides is 1. The molecular weight excluding hydrogens is 101 g/mol. The molecule has 0 aromatic carbocycles. The number of hydrogen-bond acceptors (Lipinski definition) is 2. The smallest absolute Gasteiger partial charge is 0.138 e. The highest BCUT2D eigenvalue weighted by Crippen LogP contribution is 1.98. The molecule has 0 aromatic heterocycles. The molecule has 0 aromatic rings. The fraction of sp³-hybridized carbons (Fsp3) is 0.333. The lowest BCUT2D eigenvalue weighted by Crippen LogP contribution is -2.12. The Morgan fingerprint density at radius 2 is 2.67 bits per heavy atom. The van der Waals surface area contributed by atoms with Crippen LogP contribution < -0.4 is 5.48 Å². The Morgan fingerprint density at radius 1 is 1.83 bits per heavy atom. The van der Waals surface area contributed by atoms with Crippen molar-refractivity contribution >= 4 is 11.6 Å². The van der Waals surface area contributed by atoms with Crippen LogP contribution in [-0.2, 0) is 4.84 Å². The number of hydrogen-bond donors (Lipinski definition) is 1. The third kappa shape index (κ3) is 0.640. The minimum atomic E-state index is -0.134. The van der Waals surface area contributed by atoms with E-state index in [1.807, 2.05) is 0 Å². The molecule has 0 saturated heterocycles. The molecule has 1 aliphatic rings. The largest absolute Gasteiger partial charge is 0.415 e. The Bertz CT molecular complexity index is 73.2. The van der Waals surface area contributed by atoms with Crippen LogP contribution in [-0.4, -0.2) is 5.50 Å². The van der Waals surface area contributed by atoms with E-state index in [0.717, 1.165) is 0 Å². The highest BCUT2D eigenvalue weighted by Gasteiger charge is 2.00. The zero-order valence-electron chi connectivity index (χ0n) is 3.02. The summed E-state index contributed by atoms with van der Waals surface area (Å²) in [5.41, 5.74) is 2.34. The maximum atomic E-state index is 5.39. The van der Waals surface area contributed by atoms with E-state index in [0.29, 0.717) is 0 Å². The van der Waals surface area contributed by atoms with Crippen molar-refractivity contribution in [3.05, 3.63) is 12.3 Å². The first-order chi connectivity index (χ1) is 2.89. The first-order valence-electron chi connectivity index (χ1n) is 1.61. The Kier molecular flexibility index (Phi) is 0.986. The second kappa shape index (κ2) is 1.49. The Balaban J connectivity index is 2.38. The lowest BCUT2D eigenvalue weighted by atomic mass is 10.7. The van der Waals surface area contributed by atoms with Crippen molar-refractivity contribution in [1.29, 1.82) is 0 Å². The van der Waals surface area contributed by atoms with Gasteiger partial charge in [-0.1, -0.05) is 11.6 Å². The van der Waals surface area contributed by atoms with Crippen LogP contribution in [0.1, 0.15) is 0 Å². The fourth-order valence-electron chi connectivity index (χ4n) is 0.252. The Morgan fingerprint density at radius 3 is 2.83 bits per heavy atom. The second-order valence-electron chi connectivity index (χ2n) is 0.966. The number of nitrogens with one attached hydrogen (secondary N) is 1. The third-order valence-corrected chi connectivity index (χ3v) is 0.731. The standard InChI is InChI=1S/C3H4ClNO/c4-3-1-2-6-5-3/h1-3,5H. The van der Waals surface area contributed by atoms with Crippen molar-refractivity contribution in [3.8, 4) is 0 Å². The summed E-state index contributed by atoms with van der Waals surface area (Å²) in [6.45, 7) is 0. The fourth-order valence-corrected chi connectivity index (χ4v) is 0.363. The van der Waals surface area contributed by atoms with Crippen molar-refractivity contribution in [3.63, 3.8) is 0 Å². The molecule has 0 bridgehead atoms. The van der Waals surface area contributed by atoms with Gasteiger partial charge in [0.05, 0.1) is 0 Å². The number of halogens is 1. The molecule has 34 valence electrons. The van der Waals surface area contributed by atoms with Crippen LogP contribution in [0.15, 0.2) is 12.3 Å². The summed E-state index contributed by atoms with van der Waals surface area (Å²) < 4.78 is 0. The predicted molar refractivity (Wildman–Crippen MR) is 23.0 cm³/mol. The molecule has 0 amide bonds. The Hall–Kier alpha value is -0.210. The zero-order chi connectivity index (χ0) is 4.41. The monoisotopic (exact) mass is 105 g/mol. The molecule has 1 rings (SSSR count). The van der Waals surface area contributed by atoms with Crippen LogP contribution in [0.4, 0.5) is 0 Å². The average Bonchev–Trinajstić information content (AvgIpc) is 1.86. The first-order valence-corrected chi connectivity index (χ1v) is 2.05. The van der Waals surface area contributed by atoms with Gasteiger partial charge in [0, 0.05) is 0 Å². The van der Waals surface area contributed by atoms with Crippen LogP contribution in [0.2, 0.25) is 0 Å². The molecule has 0 spiro atoms. The molecule has 0 aliphatic carbocycles. The molecular formula is C3H4ClNO. The van der Waals surface area contributed by atoms with Crippen LogP contribution in [0, 0.1) is 0 Å². The lowest BCUT2D eigenvalue weighted by molar-refractivity contribution is 0.160. The summed E-state index contributed by atoms with van der Waals surface area (Å²) in [5.74, 6) is 0. The van der Waals surface area contributed by atoms with Gasteiger partial charge in [0.15, 0.2) is 0 Å². The van der Waals surface area contributed by atoms with E-state index < -0.39 is 0 Å². The minimum absolute atomic E-state index is 0.134. The van der Waals surface area contributed by atoms with Gasteiger partial charge in [0.2, 0.25) is 0 Å². The molecule has 6 heavy (non-hydrogen) atoms. The van der Waals surface area contributed by atoms with Gasteiger partial charge in [0.25, 0.3) is 0 Å². The maximum Gasteiger partial charge on any atom is 0.138 e. The van der Waals surface area contributed by atoms with Gasteiger partial charge in [-0.25, -0.2) is 0 Å². The predicted octanol–water partition coefficient (Wildman–Crippen LogP) is 0.600. The number of hydroxylamine groups is 1. The summed E-state index contributed by atoms with van der Waals surface area (Å²) in [6.07, 6.45) is 3.22. The summed E-state index contributed by atoms with van der Waals surface area (Å²) in [4.78, 5) is 4.49. The highest BCUT2D eigenvalue weighted by atomic mass is 35.5. The minimum Gasteiger partial charge on any atom is -0.415 e. The van der Waals surface area contributed by atoms with E-state index in [4.69, 9.17) is 11.6 Å². The molecule has 1 atom stereocenters. The van der Waals surface area contributed by atoms with Gasteiger partial charge in [-0.3, -0.25) is 0 Å². The van der Waals surface area contributed by atoms with Gasteiger partial charge in [-0.15, -0.1) is 5.48 Å².